The van der Waals surface area contributed by atoms with Crippen molar-refractivity contribution >= 4 is 5.97 Å². The van der Waals surface area contributed by atoms with Gasteiger partial charge < -0.3 is 9.67 Å². The van der Waals surface area contributed by atoms with Gasteiger partial charge in [0, 0.05) is 29.1 Å². The molecule has 3 aromatic rings. The molecule has 1 aromatic heterocycles. The first-order chi connectivity index (χ1) is 12.3. The summed E-state index contributed by atoms with van der Waals surface area (Å²) in [5, 5.41) is 9.20. The fourth-order valence-corrected chi connectivity index (χ4v) is 3.97. The molecule has 1 aliphatic heterocycles. The van der Waals surface area contributed by atoms with Crippen molar-refractivity contribution in [1.82, 2.24) is 4.57 Å². The van der Waals surface area contributed by atoms with Crippen LogP contribution in [0.15, 0.2) is 60.7 Å². The summed E-state index contributed by atoms with van der Waals surface area (Å²) in [6.07, 6.45) is 2.92. The molecule has 2 heterocycles. The van der Waals surface area contributed by atoms with Crippen molar-refractivity contribution < 1.29 is 9.90 Å². The molecular formula is C22H21NO2. The fraction of sp³-hybridized carbons (Fsp3) is 0.227. The molecule has 0 radical (unpaired) electrons. The summed E-state index contributed by atoms with van der Waals surface area (Å²) >= 11 is 0. The second kappa shape index (κ2) is 6.60. The number of hydrogen-bond donors (Lipinski definition) is 1. The zero-order chi connectivity index (χ0) is 17.2. The van der Waals surface area contributed by atoms with Crippen LogP contribution in [-0.4, -0.2) is 15.6 Å². The van der Waals surface area contributed by atoms with E-state index in [0.29, 0.717) is 6.42 Å². The van der Waals surface area contributed by atoms with Gasteiger partial charge >= 0.3 is 5.97 Å². The van der Waals surface area contributed by atoms with Crippen molar-refractivity contribution in [3.05, 3.63) is 72.1 Å². The van der Waals surface area contributed by atoms with Crippen molar-refractivity contribution in [2.75, 3.05) is 0 Å². The Morgan fingerprint density at radius 3 is 2.12 bits per heavy atom. The van der Waals surface area contributed by atoms with Gasteiger partial charge in [-0.3, -0.25) is 4.79 Å². The van der Waals surface area contributed by atoms with E-state index in [1.165, 1.54) is 33.6 Å². The maximum atomic E-state index is 11.2. The predicted molar refractivity (Wildman–Crippen MR) is 99.6 cm³/mol. The average Bonchev–Trinajstić information content (AvgIpc) is 3.22. The number of rotatable bonds is 5. The molecule has 0 aliphatic carbocycles. The Labute approximate surface area is 147 Å². The SMILES string of the molecule is O=C(O)CCc1c(-c2ccccc2)c(-c2ccccc2)c2n1CCC2. The third-order valence-electron chi connectivity index (χ3n) is 4.97. The molecule has 1 N–H and O–H groups in total. The molecule has 2 aromatic carbocycles. The van der Waals surface area contributed by atoms with Gasteiger partial charge in [-0.2, -0.15) is 0 Å². The van der Waals surface area contributed by atoms with Gasteiger partial charge in [0.15, 0.2) is 0 Å². The van der Waals surface area contributed by atoms with E-state index in [2.05, 4.69) is 41.0 Å². The third kappa shape index (κ3) is 2.86. The van der Waals surface area contributed by atoms with Gasteiger partial charge in [0.1, 0.15) is 0 Å². The van der Waals surface area contributed by atoms with Crippen molar-refractivity contribution in [1.29, 1.82) is 0 Å². The second-order valence-corrected chi connectivity index (χ2v) is 6.52. The van der Waals surface area contributed by atoms with Crippen LogP contribution in [0, 0.1) is 0 Å². The van der Waals surface area contributed by atoms with E-state index < -0.39 is 5.97 Å². The quantitative estimate of drug-likeness (QED) is 0.730. The van der Waals surface area contributed by atoms with Crippen LogP contribution in [0.1, 0.15) is 24.2 Å². The lowest BCUT2D eigenvalue weighted by Crippen LogP contribution is -2.05. The summed E-state index contributed by atoms with van der Waals surface area (Å²) in [5.41, 5.74) is 7.40. The number of carboxylic acids is 1. The molecule has 0 saturated heterocycles. The Morgan fingerprint density at radius 2 is 1.52 bits per heavy atom. The maximum Gasteiger partial charge on any atom is 0.303 e. The Kier molecular flexibility index (Phi) is 4.14. The molecule has 3 nitrogen and oxygen atoms in total. The van der Waals surface area contributed by atoms with E-state index in [1.807, 2.05) is 24.3 Å². The van der Waals surface area contributed by atoms with E-state index >= 15 is 0 Å². The van der Waals surface area contributed by atoms with Crippen LogP contribution < -0.4 is 0 Å². The molecule has 126 valence electrons. The lowest BCUT2D eigenvalue weighted by atomic mass is 9.93. The van der Waals surface area contributed by atoms with E-state index in [9.17, 15) is 9.90 Å². The lowest BCUT2D eigenvalue weighted by molar-refractivity contribution is -0.136. The van der Waals surface area contributed by atoms with E-state index in [-0.39, 0.29) is 6.42 Å². The van der Waals surface area contributed by atoms with Gasteiger partial charge in [0.25, 0.3) is 0 Å². The normalized spacial score (nSPS) is 13.0. The minimum atomic E-state index is -0.742. The first kappa shape index (κ1) is 15.7. The van der Waals surface area contributed by atoms with Crippen LogP contribution >= 0.6 is 0 Å². The molecular weight excluding hydrogens is 310 g/mol. The monoisotopic (exact) mass is 331 g/mol. The van der Waals surface area contributed by atoms with Gasteiger partial charge in [-0.25, -0.2) is 0 Å². The Balaban J connectivity index is 1.96. The summed E-state index contributed by atoms with van der Waals surface area (Å²) < 4.78 is 2.37. The zero-order valence-electron chi connectivity index (χ0n) is 14.1. The van der Waals surface area contributed by atoms with E-state index in [0.717, 1.165) is 19.4 Å². The Bertz CT molecular complexity index is 895. The highest BCUT2D eigenvalue weighted by Crippen LogP contribution is 2.43. The number of hydrogen-bond acceptors (Lipinski definition) is 1. The minimum Gasteiger partial charge on any atom is -0.481 e. The first-order valence-electron chi connectivity index (χ1n) is 8.82. The molecule has 3 heteroatoms. The second-order valence-electron chi connectivity index (χ2n) is 6.52. The molecule has 0 bridgehead atoms. The number of nitrogens with zero attached hydrogens (tertiary/aromatic N) is 1. The summed E-state index contributed by atoms with van der Waals surface area (Å²) in [5.74, 6) is -0.742. The highest BCUT2D eigenvalue weighted by atomic mass is 16.4. The van der Waals surface area contributed by atoms with Crippen LogP contribution in [0.3, 0.4) is 0 Å². The molecule has 0 saturated carbocycles. The molecule has 0 unspecified atom stereocenters. The molecule has 0 spiro atoms. The minimum absolute atomic E-state index is 0.164. The van der Waals surface area contributed by atoms with Gasteiger partial charge in [-0.05, 0) is 30.4 Å². The maximum absolute atomic E-state index is 11.2. The molecule has 0 amide bonds. The third-order valence-corrected chi connectivity index (χ3v) is 4.97. The number of fused-ring (bicyclic) bond motifs is 1. The van der Waals surface area contributed by atoms with Crippen LogP contribution in [0.2, 0.25) is 0 Å². The number of benzene rings is 2. The summed E-state index contributed by atoms with van der Waals surface area (Å²) in [4.78, 5) is 11.2. The number of aliphatic carboxylic acids is 1. The van der Waals surface area contributed by atoms with Crippen LogP contribution in [-0.2, 0) is 24.2 Å². The van der Waals surface area contributed by atoms with E-state index in [1.54, 1.807) is 0 Å². The first-order valence-corrected chi connectivity index (χ1v) is 8.82. The van der Waals surface area contributed by atoms with Gasteiger partial charge in [0.05, 0.1) is 6.42 Å². The smallest absolute Gasteiger partial charge is 0.303 e. The topological polar surface area (TPSA) is 42.2 Å². The van der Waals surface area contributed by atoms with Gasteiger partial charge in [-0.15, -0.1) is 0 Å². The zero-order valence-corrected chi connectivity index (χ0v) is 14.1. The standard InChI is InChI=1S/C22H21NO2/c24-20(25)14-13-19-22(17-10-5-2-6-11-17)21(16-8-3-1-4-9-16)18-12-7-15-23(18)19/h1-6,8-11H,7,12-15H2,(H,24,25). The van der Waals surface area contributed by atoms with Gasteiger partial charge in [-0.1, -0.05) is 60.7 Å². The number of carbonyl (C=O) groups is 1. The summed E-state index contributed by atoms with van der Waals surface area (Å²) in [6, 6.07) is 20.9. The van der Waals surface area contributed by atoms with E-state index in [4.69, 9.17) is 0 Å². The molecule has 0 atom stereocenters. The van der Waals surface area contributed by atoms with Crippen LogP contribution in [0.5, 0.6) is 0 Å². The predicted octanol–water partition coefficient (Wildman–Crippen LogP) is 4.79. The van der Waals surface area contributed by atoms with Crippen molar-refractivity contribution in [2.45, 2.75) is 32.2 Å². The average molecular weight is 331 g/mol. The largest absolute Gasteiger partial charge is 0.481 e. The molecule has 0 fully saturated rings. The summed E-state index contributed by atoms with van der Waals surface area (Å²) in [7, 11) is 0. The summed E-state index contributed by atoms with van der Waals surface area (Å²) in [6.45, 7) is 0.983. The highest BCUT2D eigenvalue weighted by molar-refractivity contribution is 5.88. The van der Waals surface area contributed by atoms with Crippen molar-refractivity contribution in [3.63, 3.8) is 0 Å². The highest BCUT2D eigenvalue weighted by Gasteiger charge is 2.27. The Morgan fingerprint density at radius 1 is 0.920 bits per heavy atom. The van der Waals surface area contributed by atoms with Crippen molar-refractivity contribution in [3.8, 4) is 22.3 Å². The lowest BCUT2D eigenvalue weighted by Gasteiger charge is -2.11. The van der Waals surface area contributed by atoms with Gasteiger partial charge in [0.2, 0.25) is 0 Å². The van der Waals surface area contributed by atoms with Crippen LogP contribution in [0.25, 0.3) is 22.3 Å². The molecule has 4 rings (SSSR count). The van der Waals surface area contributed by atoms with Crippen LogP contribution in [0.4, 0.5) is 0 Å². The molecule has 1 aliphatic rings. The van der Waals surface area contributed by atoms with Crippen molar-refractivity contribution in [2.24, 2.45) is 0 Å². The Hall–Kier alpha value is -2.81. The molecule has 25 heavy (non-hydrogen) atoms. The number of aromatic nitrogens is 1. The number of carboxylic acid groups (broad SMARTS) is 1. The fourth-order valence-electron chi connectivity index (χ4n) is 3.97.